The third-order valence-corrected chi connectivity index (χ3v) is 6.41. The fourth-order valence-corrected chi connectivity index (χ4v) is 4.74. The van der Waals surface area contributed by atoms with Gasteiger partial charge in [-0.05, 0) is 79.8 Å². The minimum absolute atomic E-state index is 0.287. The van der Waals surface area contributed by atoms with Crippen molar-refractivity contribution in [3.8, 4) is 0 Å². The van der Waals surface area contributed by atoms with Crippen LogP contribution in [0.4, 0.5) is 0 Å². The van der Waals surface area contributed by atoms with Crippen LogP contribution in [0.3, 0.4) is 0 Å². The lowest BCUT2D eigenvalue weighted by Crippen LogP contribution is -2.59. The van der Waals surface area contributed by atoms with E-state index in [1.54, 1.807) is 0 Å². The first-order valence-electron chi connectivity index (χ1n) is 9.86. The molecular weight excluding hydrogens is 282 g/mol. The predicted molar refractivity (Wildman–Crippen MR) is 101 cm³/mol. The van der Waals surface area contributed by atoms with Crippen LogP contribution in [0.5, 0.6) is 0 Å². The molecule has 2 aliphatic heterocycles. The first kappa shape index (κ1) is 19.2. The van der Waals surface area contributed by atoms with Gasteiger partial charge in [-0.25, -0.2) is 0 Å². The Kier molecular flexibility index (Phi) is 6.19. The molecule has 0 aliphatic carbocycles. The first-order chi connectivity index (χ1) is 10.6. The summed E-state index contributed by atoms with van der Waals surface area (Å²) in [4.78, 5) is 8.10. The molecule has 0 atom stereocenters. The second-order valence-electron chi connectivity index (χ2n) is 9.59. The van der Waals surface area contributed by atoms with E-state index < -0.39 is 0 Å². The van der Waals surface area contributed by atoms with E-state index in [9.17, 15) is 0 Å². The van der Waals surface area contributed by atoms with Gasteiger partial charge in [-0.2, -0.15) is 0 Å². The van der Waals surface area contributed by atoms with Crippen LogP contribution in [0.25, 0.3) is 0 Å². The van der Waals surface area contributed by atoms with Crippen molar-refractivity contribution in [3.05, 3.63) is 0 Å². The first-order valence-corrected chi connectivity index (χ1v) is 9.86. The van der Waals surface area contributed by atoms with Crippen LogP contribution in [0.15, 0.2) is 0 Å². The maximum absolute atomic E-state index is 2.75. The largest absolute Gasteiger partial charge is 0.298 e. The molecule has 0 aromatic heterocycles. The van der Waals surface area contributed by atoms with Crippen molar-refractivity contribution in [2.24, 2.45) is 5.92 Å². The van der Waals surface area contributed by atoms with Gasteiger partial charge in [0.15, 0.2) is 0 Å². The number of nitrogens with zero attached hydrogens (tertiary/aromatic N) is 3. The second kappa shape index (κ2) is 7.41. The van der Waals surface area contributed by atoms with Gasteiger partial charge in [0, 0.05) is 43.3 Å². The zero-order valence-electron chi connectivity index (χ0n) is 16.9. The van der Waals surface area contributed by atoms with Crippen molar-refractivity contribution in [1.82, 2.24) is 14.7 Å². The highest BCUT2D eigenvalue weighted by Gasteiger charge is 2.38. The zero-order valence-corrected chi connectivity index (χ0v) is 16.9. The van der Waals surface area contributed by atoms with Crippen molar-refractivity contribution in [2.45, 2.75) is 84.8 Å². The average molecular weight is 324 g/mol. The molecule has 0 aromatic rings. The number of rotatable bonds is 5. The smallest absolute Gasteiger partial charge is 0.0171 e. The van der Waals surface area contributed by atoms with E-state index in [0.29, 0.717) is 11.6 Å². The van der Waals surface area contributed by atoms with Gasteiger partial charge in [0.1, 0.15) is 0 Å². The molecule has 23 heavy (non-hydrogen) atoms. The van der Waals surface area contributed by atoms with E-state index >= 15 is 0 Å². The van der Waals surface area contributed by atoms with Crippen molar-refractivity contribution in [2.75, 3.05) is 39.3 Å². The van der Waals surface area contributed by atoms with Gasteiger partial charge in [-0.3, -0.25) is 14.7 Å². The molecule has 0 aromatic carbocycles. The molecule has 0 spiro atoms. The van der Waals surface area contributed by atoms with E-state index in [2.05, 4.69) is 63.2 Å². The van der Waals surface area contributed by atoms with E-state index in [-0.39, 0.29) is 5.54 Å². The van der Waals surface area contributed by atoms with Gasteiger partial charge in [0.25, 0.3) is 0 Å². The lowest BCUT2D eigenvalue weighted by molar-refractivity contribution is -0.00992. The fourth-order valence-electron chi connectivity index (χ4n) is 4.74. The highest BCUT2D eigenvalue weighted by molar-refractivity contribution is 4.96. The molecule has 0 saturated carbocycles. The van der Waals surface area contributed by atoms with Gasteiger partial charge >= 0.3 is 0 Å². The SMILES string of the molecule is CC1CCN(C(C)(C)CC(C)(C)N2CCN(C(C)C)CC2)CC1. The van der Waals surface area contributed by atoms with Crippen LogP contribution in [-0.2, 0) is 0 Å². The average Bonchev–Trinajstić information content (AvgIpc) is 2.46. The van der Waals surface area contributed by atoms with Crippen LogP contribution in [0.2, 0.25) is 0 Å². The molecule has 0 N–H and O–H groups in total. The molecule has 2 saturated heterocycles. The summed E-state index contributed by atoms with van der Waals surface area (Å²) in [6.45, 7) is 24.4. The molecule has 2 rings (SSSR count). The molecule has 0 amide bonds. The summed E-state index contributed by atoms with van der Waals surface area (Å²) in [6, 6.07) is 0.687. The Morgan fingerprint density at radius 2 is 1.22 bits per heavy atom. The molecule has 136 valence electrons. The molecule has 2 fully saturated rings. The van der Waals surface area contributed by atoms with E-state index in [1.807, 2.05) is 0 Å². The third kappa shape index (κ3) is 4.93. The molecule has 3 heteroatoms. The van der Waals surface area contributed by atoms with Gasteiger partial charge < -0.3 is 0 Å². The van der Waals surface area contributed by atoms with Crippen LogP contribution in [0.1, 0.15) is 67.7 Å². The lowest BCUT2D eigenvalue weighted by atomic mass is 9.82. The minimum Gasteiger partial charge on any atom is -0.298 e. The Labute approximate surface area is 145 Å². The topological polar surface area (TPSA) is 9.72 Å². The Morgan fingerprint density at radius 1 is 0.783 bits per heavy atom. The second-order valence-corrected chi connectivity index (χ2v) is 9.59. The summed E-state index contributed by atoms with van der Waals surface area (Å²) >= 11 is 0. The molecule has 2 heterocycles. The number of hydrogen-bond donors (Lipinski definition) is 0. The van der Waals surface area contributed by atoms with Gasteiger partial charge in [-0.15, -0.1) is 0 Å². The standard InChI is InChI=1S/C20H41N3/c1-17(2)21-12-14-23(15-13-21)20(6,7)16-19(4,5)22-10-8-18(3)9-11-22/h17-18H,8-16H2,1-7H3. The Balaban J connectivity index is 1.92. The fraction of sp³-hybridized carbons (Fsp3) is 1.00. The third-order valence-electron chi connectivity index (χ3n) is 6.41. The molecule has 3 nitrogen and oxygen atoms in total. The number of piperidine rings is 1. The van der Waals surface area contributed by atoms with E-state index in [1.165, 1.54) is 58.5 Å². The quantitative estimate of drug-likeness (QED) is 0.764. The number of hydrogen-bond acceptors (Lipinski definition) is 3. The van der Waals surface area contributed by atoms with Gasteiger partial charge in [-0.1, -0.05) is 6.92 Å². The van der Waals surface area contributed by atoms with E-state index in [4.69, 9.17) is 0 Å². The summed E-state index contributed by atoms with van der Waals surface area (Å²) in [6.07, 6.45) is 4.00. The van der Waals surface area contributed by atoms with Crippen LogP contribution < -0.4 is 0 Å². The monoisotopic (exact) mass is 323 g/mol. The van der Waals surface area contributed by atoms with Crippen LogP contribution in [-0.4, -0.2) is 71.1 Å². The highest BCUT2D eigenvalue weighted by Crippen LogP contribution is 2.33. The van der Waals surface area contributed by atoms with E-state index in [0.717, 1.165) is 5.92 Å². The lowest BCUT2D eigenvalue weighted by Gasteiger charge is -2.51. The summed E-state index contributed by atoms with van der Waals surface area (Å²) in [7, 11) is 0. The summed E-state index contributed by atoms with van der Waals surface area (Å²) in [5, 5.41) is 0. The minimum atomic E-state index is 0.287. The van der Waals surface area contributed by atoms with Gasteiger partial charge in [0.2, 0.25) is 0 Å². The predicted octanol–water partition coefficient (Wildman–Crippen LogP) is 3.69. The van der Waals surface area contributed by atoms with Crippen molar-refractivity contribution >= 4 is 0 Å². The number of piperazine rings is 1. The molecule has 0 radical (unpaired) electrons. The Hall–Kier alpha value is -0.120. The van der Waals surface area contributed by atoms with Gasteiger partial charge in [0.05, 0.1) is 0 Å². The molecule has 0 unspecified atom stereocenters. The summed E-state index contributed by atoms with van der Waals surface area (Å²) in [5.41, 5.74) is 0.592. The Bertz CT molecular complexity index is 359. The zero-order chi connectivity index (χ0) is 17.3. The summed E-state index contributed by atoms with van der Waals surface area (Å²) < 4.78 is 0. The van der Waals surface area contributed by atoms with Crippen molar-refractivity contribution in [1.29, 1.82) is 0 Å². The maximum Gasteiger partial charge on any atom is 0.0171 e. The molecular formula is C20H41N3. The summed E-state index contributed by atoms with van der Waals surface area (Å²) in [5.74, 6) is 0.916. The van der Waals surface area contributed by atoms with Crippen LogP contribution in [0, 0.1) is 5.92 Å². The number of likely N-dealkylation sites (tertiary alicyclic amines) is 1. The van der Waals surface area contributed by atoms with Crippen molar-refractivity contribution in [3.63, 3.8) is 0 Å². The Morgan fingerprint density at radius 3 is 1.65 bits per heavy atom. The normalized spacial score (nSPS) is 24.5. The highest BCUT2D eigenvalue weighted by atomic mass is 15.3. The van der Waals surface area contributed by atoms with Crippen LogP contribution >= 0.6 is 0 Å². The maximum atomic E-state index is 2.75. The molecule has 0 bridgehead atoms. The molecule has 2 aliphatic rings. The van der Waals surface area contributed by atoms with Crippen molar-refractivity contribution < 1.29 is 0 Å².